The van der Waals surface area contributed by atoms with Gasteiger partial charge in [0.25, 0.3) is 5.56 Å². The summed E-state index contributed by atoms with van der Waals surface area (Å²) < 4.78 is 12.6. The van der Waals surface area contributed by atoms with Crippen molar-refractivity contribution < 1.29 is 14.3 Å². The summed E-state index contributed by atoms with van der Waals surface area (Å²) in [6.45, 7) is 1.43. The first-order valence-electron chi connectivity index (χ1n) is 9.46. The third-order valence-electron chi connectivity index (χ3n) is 5.09. The molecule has 0 atom stereocenters. The number of aromatic nitrogens is 4. The number of benzene rings is 1. The molecule has 1 aliphatic rings. The quantitative estimate of drug-likeness (QED) is 0.596. The fourth-order valence-corrected chi connectivity index (χ4v) is 3.35. The highest BCUT2D eigenvalue weighted by Crippen LogP contribution is 2.20. The predicted molar refractivity (Wildman–Crippen MR) is 108 cm³/mol. The molecule has 0 spiro atoms. The van der Waals surface area contributed by atoms with Crippen LogP contribution in [0.1, 0.15) is 0 Å². The van der Waals surface area contributed by atoms with Crippen LogP contribution in [0.4, 0.5) is 0 Å². The summed E-state index contributed by atoms with van der Waals surface area (Å²) >= 11 is 0. The number of ether oxygens (including phenoxy) is 2. The van der Waals surface area contributed by atoms with Crippen molar-refractivity contribution >= 4 is 16.9 Å². The lowest BCUT2D eigenvalue weighted by molar-refractivity contribution is -0.136. The molecule has 1 saturated heterocycles. The number of rotatable bonds is 4. The van der Waals surface area contributed by atoms with Crippen LogP contribution in [0.5, 0.6) is 5.75 Å². The topological polar surface area (TPSA) is 109 Å². The maximum absolute atomic E-state index is 12.9. The first-order chi connectivity index (χ1) is 14.5. The van der Waals surface area contributed by atoms with Gasteiger partial charge in [-0.15, -0.1) is 0 Å². The Morgan fingerprint density at radius 3 is 2.53 bits per heavy atom. The van der Waals surface area contributed by atoms with Crippen molar-refractivity contribution in [2.24, 2.45) is 7.05 Å². The number of hydrogen-bond donors (Lipinski definition) is 0. The number of carbonyl (C=O) groups is 1. The molecule has 30 heavy (non-hydrogen) atoms. The highest BCUT2D eigenvalue weighted by atomic mass is 16.5. The molecular weight excluding hydrogens is 390 g/mol. The minimum Gasteiger partial charge on any atom is -0.497 e. The Bertz CT molecular complexity index is 1210. The number of methoxy groups -OCH3 is 1. The molecule has 0 N–H and O–H groups in total. The van der Waals surface area contributed by atoms with Gasteiger partial charge >= 0.3 is 5.69 Å². The Labute approximate surface area is 171 Å². The van der Waals surface area contributed by atoms with Crippen molar-refractivity contribution in [1.29, 1.82) is 0 Å². The van der Waals surface area contributed by atoms with E-state index in [9.17, 15) is 14.4 Å². The Balaban J connectivity index is 1.73. The van der Waals surface area contributed by atoms with Crippen molar-refractivity contribution in [2.45, 2.75) is 6.54 Å². The molecule has 3 aromatic rings. The average Bonchev–Trinajstić information content (AvgIpc) is 2.80. The van der Waals surface area contributed by atoms with Crippen LogP contribution >= 0.6 is 0 Å². The Kier molecular flexibility index (Phi) is 5.32. The summed E-state index contributed by atoms with van der Waals surface area (Å²) in [5.74, 6) is 0.772. The van der Waals surface area contributed by atoms with Gasteiger partial charge in [-0.25, -0.2) is 14.8 Å². The summed E-state index contributed by atoms with van der Waals surface area (Å²) in [6.07, 6.45) is 1.39. The molecule has 10 nitrogen and oxygen atoms in total. The number of nitrogens with zero attached hydrogens (tertiary/aromatic N) is 5. The van der Waals surface area contributed by atoms with Crippen LogP contribution in [0.25, 0.3) is 22.4 Å². The smallest absolute Gasteiger partial charge is 0.332 e. The monoisotopic (exact) mass is 411 g/mol. The van der Waals surface area contributed by atoms with Crippen molar-refractivity contribution in [2.75, 3.05) is 33.4 Å². The zero-order chi connectivity index (χ0) is 21.3. The maximum atomic E-state index is 12.9. The van der Waals surface area contributed by atoms with E-state index in [0.717, 1.165) is 10.1 Å². The Morgan fingerprint density at radius 2 is 1.87 bits per heavy atom. The van der Waals surface area contributed by atoms with E-state index in [2.05, 4.69) is 9.97 Å². The molecule has 0 bridgehead atoms. The second-order valence-corrected chi connectivity index (χ2v) is 6.89. The predicted octanol–water partition coefficient (Wildman–Crippen LogP) is 0.0246. The highest BCUT2D eigenvalue weighted by molar-refractivity contribution is 5.78. The molecular formula is C20H21N5O5. The summed E-state index contributed by atoms with van der Waals surface area (Å²) in [5.41, 5.74) is -0.262. The number of morpholine rings is 1. The second-order valence-electron chi connectivity index (χ2n) is 6.89. The van der Waals surface area contributed by atoms with Gasteiger partial charge in [-0.2, -0.15) is 0 Å². The molecule has 3 heterocycles. The van der Waals surface area contributed by atoms with Gasteiger partial charge in [-0.3, -0.25) is 18.7 Å². The zero-order valence-electron chi connectivity index (χ0n) is 16.7. The molecule has 0 unspecified atom stereocenters. The van der Waals surface area contributed by atoms with Gasteiger partial charge in [0.1, 0.15) is 17.7 Å². The zero-order valence-corrected chi connectivity index (χ0v) is 16.7. The first-order valence-corrected chi connectivity index (χ1v) is 9.46. The molecule has 1 aromatic carbocycles. The van der Waals surface area contributed by atoms with Crippen molar-refractivity contribution in [1.82, 2.24) is 24.0 Å². The van der Waals surface area contributed by atoms with E-state index in [0.29, 0.717) is 37.9 Å². The van der Waals surface area contributed by atoms with Gasteiger partial charge in [-0.05, 0) is 24.3 Å². The van der Waals surface area contributed by atoms with Gasteiger partial charge in [0.2, 0.25) is 5.91 Å². The lowest BCUT2D eigenvalue weighted by atomic mass is 10.2. The molecule has 10 heteroatoms. The largest absolute Gasteiger partial charge is 0.497 e. The lowest BCUT2D eigenvalue weighted by Crippen LogP contribution is -2.47. The van der Waals surface area contributed by atoms with Crippen molar-refractivity contribution in [3.05, 3.63) is 51.3 Å². The summed E-state index contributed by atoms with van der Waals surface area (Å²) in [6, 6.07) is 7.13. The van der Waals surface area contributed by atoms with E-state index in [4.69, 9.17) is 9.47 Å². The molecule has 156 valence electrons. The van der Waals surface area contributed by atoms with Crippen LogP contribution in [0, 0.1) is 0 Å². The number of aryl methyl sites for hydroxylation is 1. The number of carbonyl (C=O) groups excluding carboxylic acids is 1. The van der Waals surface area contributed by atoms with E-state index in [-0.39, 0.29) is 23.5 Å². The van der Waals surface area contributed by atoms with E-state index in [1.54, 1.807) is 36.3 Å². The molecule has 2 aromatic heterocycles. The third-order valence-corrected chi connectivity index (χ3v) is 5.09. The summed E-state index contributed by atoms with van der Waals surface area (Å²) in [5, 5.41) is 0.170. The van der Waals surface area contributed by atoms with E-state index < -0.39 is 11.2 Å². The van der Waals surface area contributed by atoms with Crippen LogP contribution in [-0.4, -0.2) is 63.3 Å². The van der Waals surface area contributed by atoms with E-state index in [1.807, 2.05) is 0 Å². The molecule has 0 aliphatic carbocycles. The maximum Gasteiger partial charge on any atom is 0.332 e. The standard InChI is InChI=1S/C20H21N5O5/c1-23-18-15(11-21-17(22-18)13-3-5-14(29-2)6-4-13)19(27)25(20(23)28)12-16(26)24-7-9-30-10-8-24/h3-6,11H,7-10,12H2,1-2H3. The van der Waals surface area contributed by atoms with Crippen molar-refractivity contribution in [3.63, 3.8) is 0 Å². The number of amides is 1. The Hall–Kier alpha value is -3.53. The summed E-state index contributed by atoms with van der Waals surface area (Å²) in [4.78, 5) is 48.5. The molecule has 4 rings (SSSR count). The normalized spacial score (nSPS) is 14.1. The molecule has 0 saturated carbocycles. The number of hydrogen-bond acceptors (Lipinski definition) is 7. The second kappa shape index (κ2) is 8.07. The molecule has 1 amide bonds. The molecule has 0 radical (unpaired) electrons. The first kappa shape index (κ1) is 19.8. The van der Waals surface area contributed by atoms with Crippen LogP contribution in [0.3, 0.4) is 0 Å². The lowest BCUT2D eigenvalue weighted by Gasteiger charge is -2.27. The fourth-order valence-electron chi connectivity index (χ4n) is 3.35. The Morgan fingerprint density at radius 1 is 1.17 bits per heavy atom. The van der Waals surface area contributed by atoms with Crippen LogP contribution in [-0.2, 0) is 23.1 Å². The SMILES string of the molecule is COc1ccc(-c2ncc3c(=O)n(CC(=O)N4CCOCC4)c(=O)n(C)c3n2)cc1. The van der Waals surface area contributed by atoms with Gasteiger partial charge in [0, 0.05) is 31.9 Å². The van der Waals surface area contributed by atoms with E-state index in [1.165, 1.54) is 17.8 Å². The fraction of sp³-hybridized carbons (Fsp3) is 0.350. The van der Waals surface area contributed by atoms with Crippen LogP contribution in [0.15, 0.2) is 40.1 Å². The van der Waals surface area contributed by atoms with Crippen LogP contribution in [0.2, 0.25) is 0 Å². The highest BCUT2D eigenvalue weighted by Gasteiger charge is 2.21. The average molecular weight is 411 g/mol. The summed E-state index contributed by atoms with van der Waals surface area (Å²) in [7, 11) is 3.09. The third kappa shape index (κ3) is 3.57. The van der Waals surface area contributed by atoms with Gasteiger partial charge in [-0.1, -0.05) is 0 Å². The van der Waals surface area contributed by atoms with Crippen molar-refractivity contribution in [3.8, 4) is 17.1 Å². The van der Waals surface area contributed by atoms with Gasteiger partial charge < -0.3 is 14.4 Å². The minimum atomic E-state index is -0.603. The number of fused-ring (bicyclic) bond motifs is 1. The minimum absolute atomic E-state index is 0.170. The molecule has 1 aliphatic heterocycles. The van der Waals surface area contributed by atoms with E-state index >= 15 is 0 Å². The molecule has 1 fully saturated rings. The van der Waals surface area contributed by atoms with Gasteiger partial charge in [0.15, 0.2) is 11.5 Å². The van der Waals surface area contributed by atoms with Gasteiger partial charge in [0.05, 0.1) is 20.3 Å². The van der Waals surface area contributed by atoms with Crippen LogP contribution < -0.4 is 16.0 Å².